The third-order valence-corrected chi connectivity index (χ3v) is 5.47. The van der Waals surface area contributed by atoms with Gasteiger partial charge in [0.2, 0.25) is 0 Å². The Labute approximate surface area is 149 Å². The number of thiophene rings is 1. The molecule has 6 nitrogen and oxygen atoms in total. The molecular weight excluding hydrogens is 346 g/mol. The van der Waals surface area contributed by atoms with Crippen LogP contribution in [0.5, 0.6) is 0 Å². The van der Waals surface area contributed by atoms with Crippen LogP contribution in [0.1, 0.15) is 36.4 Å². The van der Waals surface area contributed by atoms with Crippen molar-refractivity contribution in [2.45, 2.75) is 25.9 Å². The molecule has 126 valence electrons. The lowest BCUT2D eigenvalue weighted by atomic mass is 10.1. The smallest absolute Gasteiger partial charge is 0.254 e. The molecule has 3 aromatic rings. The van der Waals surface area contributed by atoms with Gasteiger partial charge in [-0.05, 0) is 18.1 Å². The van der Waals surface area contributed by atoms with Crippen LogP contribution in [0.25, 0.3) is 5.78 Å². The number of hydrogen-bond acceptors (Lipinski definition) is 6. The van der Waals surface area contributed by atoms with E-state index < -0.39 is 0 Å². The molecule has 1 aliphatic rings. The van der Waals surface area contributed by atoms with Gasteiger partial charge in [0.25, 0.3) is 5.78 Å². The number of fused-ring (bicyclic) bond motifs is 1. The second kappa shape index (κ2) is 6.31. The average Bonchev–Trinajstić information content (AvgIpc) is 3.22. The Kier molecular flexibility index (Phi) is 4.15. The molecule has 0 bridgehead atoms. The van der Waals surface area contributed by atoms with E-state index in [1.807, 2.05) is 12.1 Å². The van der Waals surface area contributed by atoms with Gasteiger partial charge in [0, 0.05) is 17.5 Å². The third-order valence-electron chi connectivity index (χ3n) is 4.15. The van der Waals surface area contributed by atoms with E-state index in [1.165, 1.54) is 0 Å². The van der Waals surface area contributed by atoms with Gasteiger partial charge < -0.3 is 9.64 Å². The van der Waals surface area contributed by atoms with Gasteiger partial charge >= 0.3 is 0 Å². The summed E-state index contributed by atoms with van der Waals surface area (Å²) in [5, 5.41) is 4.34. The van der Waals surface area contributed by atoms with Crippen molar-refractivity contribution in [3.05, 3.63) is 39.4 Å². The Hall–Kier alpha value is -1.70. The minimum atomic E-state index is 0.0190. The maximum Gasteiger partial charge on any atom is 0.254 e. The normalized spacial score (nSPS) is 18.7. The highest BCUT2D eigenvalue weighted by molar-refractivity contribution is 7.16. The van der Waals surface area contributed by atoms with Crippen molar-refractivity contribution in [2.24, 2.45) is 0 Å². The summed E-state index contributed by atoms with van der Waals surface area (Å²) in [6.45, 7) is 6.50. The molecule has 1 fully saturated rings. The molecule has 1 atom stereocenters. The van der Waals surface area contributed by atoms with Crippen LogP contribution in [0, 0.1) is 0 Å². The summed E-state index contributed by atoms with van der Waals surface area (Å²) in [6, 6.07) is 6.07. The molecule has 0 aromatic carbocycles. The minimum Gasteiger partial charge on any atom is -0.369 e. The molecule has 0 N–H and O–H groups in total. The maximum absolute atomic E-state index is 6.07. The fraction of sp³-hybridized carbons (Fsp3) is 0.438. The molecule has 1 saturated heterocycles. The first kappa shape index (κ1) is 15.8. The molecule has 0 radical (unpaired) electrons. The predicted molar refractivity (Wildman–Crippen MR) is 95.1 cm³/mol. The predicted octanol–water partition coefficient (Wildman–Crippen LogP) is 3.54. The van der Waals surface area contributed by atoms with Crippen LogP contribution in [0.4, 0.5) is 5.82 Å². The van der Waals surface area contributed by atoms with Crippen LogP contribution in [-0.2, 0) is 4.74 Å². The molecule has 0 saturated carbocycles. The minimum absolute atomic E-state index is 0.0190. The highest BCUT2D eigenvalue weighted by Crippen LogP contribution is 2.33. The van der Waals surface area contributed by atoms with E-state index in [9.17, 15) is 0 Å². The zero-order valence-electron chi connectivity index (χ0n) is 13.5. The van der Waals surface area contributed by atoms with E-state index in [0.29, 0.717) is 18.3 Å². The molecule has 3 aromatic heterocycles. The second-order valence-electron chi connectivity index (χ2n) is 6.11. The molecule has 0 amide bonds. The van der Waals surface area contributed by atoms with Crippen LogP contribution >= 0.6 is 22.9 Å². The molecule has 24 heavy (non-hydrogen) atoms. The van der Waals surface area contributed by atoms with Gasteiger partial charge in [0.05, 0.1) is 23.2 Å². The summed E-state index contributed by atoms with van der Waals surface area (Å²) in [4.78, 5) is 12.3. The first-order valence-electron chi connectivity index (χ1n) is 7.94. The van der Waals surface area contributed by atoms with E-state index in [0.717, 1.165) is 33.8 Å². The third kappa shape index (κ3) is 2.87. The van der Waals surface area contributed by atoms with Crippen LogP contribution in [0.2, 0.25) is 4.34 Å². The molecule has 0 aliphatic carbocycles. The fourth-order valence-electron chi connectivity index (χ4n) is 2.87. The number of morpholine rings is 1. The molecule has 4 heterocycles. The number of hydrogen-bond donors (Lipinski definition) is 0. The number of nitrogens with zero attached hydrogens (tertiary/aromatic N) is 5. The molecule has 0 spiro atoms. The lowest BCUT2D eigenvalue weighted by molar-refractivity contribution is 0.0417. The molecule has 1 aliphatic heterocycles. The number of ether oxygens (including phenoxy) is 1. The first-order chi connectivity index (χ1) is 11.6. The Bertz CT molecular complexity index is 861. The van der Waals surface area contributed by atoms with Crippen molar-refractivity contribution < 1.29 is 4.74 Å². The zero-order chi connectivity index (χ0) is 16.7. The first-order valence-corrected chi connectivity index (χ1v) is 9.13. The Morgan fingerprint density at radius 1 is 1.38 bits per heavy atom. The summed E-state index contributed by atoms with van der Waals surface area (Å²) in [5.74, 6) is 1.98. The lowest BCUT2D eigenvalue weighted by Crippen LogP contribution is -2.39. The SMILES string of the molecule is CC(C)c1cc(N2CCOC(c3ccc(Cl)s3)C2)n2ncnc2n1. The van der Waals surface area contributed by atoms with Gasteiger partial charge in [-0.3, -0.25) is 0 Å². The summed E-state index contributed by atoms with van der Waals surface area (Å²) >= 11 is 7.64. The molecule has 1 unspecified atom stereocenters. The Morgan fingerprint density at radius 3 is 3.00 bits per heavy atom. The Morgan fingerprint density at radius 2 is 2.25 bits per heavy atom. The van der Waals surface area contributed by atoms with Gasteiger partial charge in [-0.15, -0.1) is 11.3 Å². The van der Waals surface area contributed by atoms with Crippen LogP contribution in [0.3, 0.4) is 0 Å². The number of anilines is 1. The molecular formula is C16H18ClN5OS. The summed E-state index contributed by atoms with van der Waals surface area (Å²) in [5.41, 5.74) is 1.02. The molecule has 8 heteroatoms. The van der Waals surface area contributed by atoms with Crippen molar-refractivity contribution in [2.75, 3.05) is 24.6 Å². The van der Waals surface area contributed by atoms with Crippen molar-refractivity contribution in [1.29, 1.82) is 0 Å². The van der Waals surface area contributed by atoms with Crippen molar-refractivity contribution in [1.82, 2.24) is 19.6 Å². The topological polar surface area (TPSA) is 55.6 Å². The summed E-state index contributed by atoms with van der Waals surface area (Å²) in [7, 11) is 0. The van der Waals surface area contributed by atoms with Crippen molar-refractivity contribution in [3.63, 3.8) is 0 Å². The van der Waals surface area contributed by atoms with Crippen LogP contribution < -0.4 is 4.90 Å². The number of aromatic nitrogens is 4. The average molecular weight is 364 g/mol. The maximum atomic E-state index is 6.07. The Balaban J connectivity index is 1.69. The van der Waals surface area contributed by atoms with Crippen molar-refractivity contribution in [3.8, 4) is 0 Å². The quantitative estimate of drug-likeness (QED) is 0.712. The highest BCUT2D eigenvalue weighted by Gasteiger charge is 2.26. The van der Waals surface area contributed by atoms with E-state index >= 15 is 0 Å². The number of rotatable bonds is 3. The summed E-state index contributed by atoms with van der Waals surface area (Å²) in [6.07, 6.45) is 1.57. The second-order valence-corrected chi connectivity index (χ2v) is 7.86. The van der Waals surface area contributed by atoms with E-state index in [1.54, 1.807) is 22.2 Å². The van der Waals surface area contributed by atoms with Crippen LogP contribution in [-0.4, -0.2) is 39.3 Å². The van der Waals surface area contributed by atoms with E-state index in [-0.39, 0.29) is 6.10 Å². The largest absolute Gasteiger partial charge is 0.369 e. The van der Waals surface area contributed by atoms with Gasteiger partial charge in [-0.2, -0.15) is 14.6 Å². The van der Waals surface area contributed by atoms with E-state index in [4.69, 9.17) is 16.3 Å². The molecule has 4 rings (SSSR count). The van der Waals surface area contributed by atoms with Gasteiger partial charge in [-0.1, -0.05) is 25.4 Å². The number of halogens is 1. The zero-order valence-corrected chi connectivity index (χ0v) is 15.1. The monoisotopic (exact) mass is 363 g/mol. The summed E-state index contributed by atoms with van der Waals surface area (Å²) < 4.78 is 8.54. The standard InChI is InChI=1S/C16H18ClN5OS/c1-10(2)11-7-15(22-16(20-11)18-9-19-22)21-5-6-23-12(8-21)13-3-4-14(17)24-13/h3-4,7,9-10,12H,5-6,8H2,1-2H3. The van der Waals surface area contributed by atoms with Crippen LogP contribution in [0.15, 0.2) is 24.5 Å². The highest BCUT2D eigenvalue weighted by atomic mass is 35.5. The van der Waals surface area contributed by atoms with E-state index in [2.05, 4.69) is 39.9 Å². The van der Waals surface area contributed by atoms with Gasteiger partial charge in [-0.25, -0.2) is 4.98 Å². The van der Waals surface area contributed by atoms with Gasteiger partial charge in [0.15, 0.2) is 0 Å². The lowest BCUT2D eigenvalue weighted by Gasteiger charge is -2.34. The van der Waals surface area contributed by atoms with Gasteiger partial charge in [0.1, 0.15) is 18.2 Å². The fourth-order valence-corrected chi connectivity index (χ4v) is 3.97. The van der Waals surface area contributed by atoms with Crippen molar-refractivity contribution >= 4 is 34.5 Å².